The molecule has 0 aromatic heterocycles. The van der Waals surface area contributed by atoms with Gasteiger partial charge in [-0.25, -0.2) is 0 Å². The van der Waals surface area contributed by atoms with E-state index in [2.05, 4.69) is 45.5 Å². The van der Waals surface area contributed by atoms with Gasteiger partial charge in [0.15, 0.2) is 0 Å². The number of halogens is 1. The van der Waals surface area contributed by atoms with Crippen LogP contribution >= 0.6 is 15.9 Å². The van der Waals surface area contributed by atoms with Crippen LogP contribution in [0.3, 0.4) is 0 Å². The molecule has 1 aromatic rings. The van der Waals surface area contributed by atoms with Gasteiger partial charge >= 0.3 is 0 Å². The topological polar surface area (TPSA) is 21.3 Å². The zero-order valence-corrected chi connectivity index (χ0v) is 12.6. The lowest BCUT2D eigenvalue weighted by Gasteiger charge is -2.18. The van der Waals surface area contributed by atoms with E-state index in [0.717, 1.165) is 11.1 Å². The smallest absolute Gasteiger partial charge is 0.0576 e. The van der Waals surface area contributed by atoms with Crippen LogP contribution < -0.4 is 5.32 Å². The highest BCUT2D eigenvalue weighted by molar-refractivity contribution is 9.10. The molecule has 1 fully saturated rings. The molecule has 1 aliphatic heterocycles. The van der Waals surface area contributed by atoms with E-state index >= 15 is 0 Å². The van der Waals surface area contributed by atoms with E-state index in [1.807, 2.05) is 7.05 Å². The molecule has 18 heavy (non-hydrogen) atoms. The Morgan fingerprint density at radius 2 is 2.39 bits per heavy atom. The van der Waals surface area contributed by atoms with Crippen LogP contribution in [0.4, 0.5) is 0 Å². The first-order chi connectivity index (χ1) is 8.79. The van der Waals surface area contributed by atoms with Crippen molar-refractivity contribution in [2.45, 2.75) is 44.2 Å². The maximum atomic E-state index is 5.67. The zero-order valence-electron chi connectivity index (χ0n) is 11.0. The van der Waals surface area contributed by atoms with Crippen LogP contribution in [0, 0.1) is 0 Å². The van der Waals surface area contributed by atoms with E-state index in [-0.39, 0.29) is 0 Å². The summed E-state index contributed by atoms with van der Waals surface area (Å²) in [7, 11) is 2.04. The molecular formula is C15H22BrNO. The molecule has 2 atom stereocenters. The van der Waals surface area contributed by atoms with Gasteiger partial charge in [-0.2, -0.15) is 0 Å². The first kappa shape index (κ1) is 14.0. The Balaban J connectivity index is 1.81. The molecule has 1 aliphatic rings. The highest BCUT2D eigenvalue weighted by Gasteiger charge is 2.16. The highest BCUT2D eigenvalue weighted by atomic mass is 79.9. The predicted octanol–water partition coefficient (Wildman–Crippen LogP) is 4.06. The largest absolute Gasteiger partial charge is 0.378 e. The maximum Gasteiger partial charge on any atom is 0.0576 e. The Hall–Kier alpha value is -0.380. The van der Waals surface area contributed by atoms with Gasteiger partial charge < -0.3 is 10.1 Å². The molecule has 0 aliphatic carbocycles. The number of nitrogens with one attached hydrogen (secondary N) is 1. The number of hydrogen-bond acceptors (Lipinski definition) is 2. The van der Waals surface area contributed by atoms with Crippen LogP contribution in [0.25, 0.3) is 0 Å². The predicted molar refractivity (Wildman–Crippen MR) is 78.8 cm³/mol. The lowest BCUT2D eigenvalue weighted by molar-refractivity contribution is 0.101. The average Bonchev–Trinajstić information content (AvgIpc) is 2.88. The van der Waals surface area contributed by atoms with E-state index in [1.54, 1.807) is 0 Å². The van der Waals surface area contributed by atoms with Crippen LogP contribution in [0.1, 0.15) is 43.7 Å². The number of rotatable bonds is 6. The van der Waals surface area contributed by atoms with Crippen molar-refractivity contribution in [3.8, 4) is 0 Å². The first-order valence-electron chi connectivity index (χ1n) is 6.84. The van der Waals surface area contributed by atoms with Crippen molar-refractivity contribution in [1.29, 1.82) is 0 Å². The van der Waals surface area contributed by atoms with E-state index in [0.29, 0.717) is 12.1 Å². The fraction of sp³-hybridized carbons (Fsp3) is 0.600. The summed E-state index contributed by atoms with van der Waals surface area (Å²) < 4.78 is 6.82. The summed E-state index contributed by atoms with van der Waals surface area (Å²) in [6.45, 7) is 0.964. The van der Waals surface area contributed by atoms with Gasteiger partial charge in [0, 0.05) is 17.1 Å². The van der Waals surface area contributed by atoms with Crippen molar-refractivity contribution in [2.24, 2.45) is 0 Å². The third kappa shape index (κ3) is 4.08. The molecule has 1 saturated heterocycles. The Morgan fingerprint density at radius 1 is 1.50 bits per heavy atom. The van der Waals surface area contributed by atoms with Crippen LogP contribution in [-0.2, 0) is 4.74 Å². The van der Waals surface area contributed by atoms with E-state index in [9.17, 15) is 0 Å². The van der Waals surface area contributed by atoms with Gasteiger partial charge in [0.05, 0.1) is 6.10 Å². The molecule has 0 spiro atoms. The Labute approximate surface area is 118 Å². The minimum Gasteiger partial charge on any atom is -0.378 e. The summed E-state index contributed by atoms with van der Waals surface area (Å²) in [5.41, 5.74) is 1.36. The second kappa shape index (κ2) is 7.27. The fourth-order valence-corrected chi connectivity index (χ4v) is 3.04. The van der Waals surface area contributed by atoms with Crippen LogP contribution in [0.5, 0.6) is 0 Å². The molecule has 2 nitrogen and oxygen atoms in total. The van der Waals surface area contributed by atoms with E-state index < -0.39 is 0 Å². The van der Waals surface area contributed by atoms with Gasteiger partial charge in [0.2, 0.25) is 0 Å². The summed E-state index contributed by atoms with van der Waals surface area (Å²) in [5, 5.41) is 3.41. The van der Waals surface area contributed by atoms with Crippen molar-refractivity contribution in [3.05, 3.63) is 34.3 Å². The molecule has 1 aromatic carbocycles. The number of hydrogen-bond donors (Lipinski definition) is 1. The molecule has 1 N–H and O–H groups in total. The van der Waals surface area contributed by atoms with Gasteiger partial charge in [-0.3, -0.25) is 0 Å². The summed E-state index contributed by atoms with van der Waals surface area (Å²) in [6.07, 6.45) is 6.61. The van der Waals surface area contributed by atoms with Gasteiger partial charge in [0.25, 0.3) is 0 Å². The van der Waals surface area contributed by atoms with Gasteiger partial charge in [-0.05, 0) is 56.8 Å². The van der Waals surface area contributed by atoms with Crippen LogP contribution in [0.2, 0.25) is 0 Å². The maximum absolute atomic E-state index is 5.67. The monoisotopic (exact) mass is 311 g/mol. The molecule has 0 bridgehead atoms. The third-order valence-corrected chi connectivity index (χ3v) is 4.14. The lowest BCUT2D eigenvalue weighted by atomic mass is 9.99. The summed E-state index contributed by atoms with van der Waals surface area (Å²) in [4.78, 5) is 0. The first-order valence-corrected chi connectivity index (χ1v) is 7.63. The van der Waals surface area contributed by atoms with Crippen molar-refractivity contribution < 1.29 is 4.74 Å². The molecule has 100 valence electrons. The Morgan fingerprint density at radius 3 is 3.06 bits per heavy atom. The molecule has 0 amide bonds. The van der Waals surface area contributed by atoms with Crippen LogP contribution in [-0.4, -0.2) is 19.8 Å². The molecule has 1 heterocycles. The van der Waals surface area contributed by atoms with Crippen molar-refractivity contribution >= 4 is 15.9 Å². The van der Waals surface area contributed by atoms with Crippen molar-refractivity contribution in [2.75, 3.05) is 13.7 Å². The van der Waals surface area contributed by atoms with E-state index in [1.165, 1.54) is 37.7 Å². The molecule has 2 rings (SSSR count). The van der Waals surface area contributed by atoms with Gasteiger partial charge in [0.1, 0.15) is 0 Å². The Kier molecular flexibility index (Phi) is 5.67. The fourth-order valence-electron chi connectivity index (χ4n) is 2.62. The number of benzene rings is 1. The standard InChI is InChI=1S/C15H22BrNO/c1-17-15(12-5-2-6-13(16)11-12)9-3-7-14-8-4-10-18-14/h2,5-6,11,14-15,17H,3-4,7-10H2,1H3. The SMILES string of the molecule is CNC(CCCC1CCCO1)c1cccc(Br)c1. The minimum atomic E-state index is 0.448. The van der Waals surface area contributed by atoms with Crippen LogP contribution in [0.15, 0.2) is 28.7 Å². The third-order valence-electron chi connectivity index (χ3n) is 3.64. The normalized spacial score (nSPS) is 21.1. The molecule has 2 unspecified atom stereocenters. The second-order valence-electron chi connectivity index (χ2n) is 4.96. The number of ether oxygens (including phenoxy) is 1. The summed E-state index contributed by atoms with van der Waals surface area (Å²) >= 11 is 3.53. The molecule has 0 saturated carbocycles. The molecule has 0 radical (unpaired) electrons. The van der Waals surface area contributed by atoms with Crippen molar-refractivity contribution in [3.63, 3.8) is 0 Å². The molecule has 3 heteroatoms. The quantitative estimate of drug-likeness (QED) is 0.855. The Bertz CT molecular complexity index is 363. The summed E-state index contributed by atoms with van der Waals surface area (Å²) in [6, 6.07) is 9.02. The molecular weight excluding hydrogens is 290 g/mol. The summed E-state index contributed by atoms with van der Waals surface area (Å²) in [5.74, 6) is 0. The van der Waals surface area contributed by atoms with E-state index in [4.69, 9.17) is 4.74 Å². The van der Waals surface area contributed by atoms with Crippen molar-refractivity contribution in [1.82, 2.24) is 5.32 Å². The van der Waals surface area contributed by atoms with Gasteiger partial charge in [-0.1, -0.05) is 28.1 Å². The van der Waals surface area contributed by atoms with Gasteiger partial charge in [-0.15, -0.1) is 0 Å². The highest BCUT2D eigenvalue weighted by Crippen LogP contribution is 2.24. The zero-order chi connectivity index (χ0) is 12.8. The second-order valence-corrected chi connectivity index (χ2v) is 5.88. The lowest BCUT2D eigenvalue weighted by Crippen LogP contribution is -2.17. The average molecular weight is 312 g/mol. The minimum absolute atomic E-state index is 0.448.